The molecule has 1 heterocycles. The number of benzene rings is 1. The Kier molecular flexibility index (Phi) is 10.8. The van der Waals surface area contributed by atoms with Gasteiger partial charge in [-0.1, -0.05) is 50.6 Å². The van der Waals surface area contributed by atoms with Crippen molar-refractivity contribution >= 4 is 23.7 Å². The zero-order valence-electron chi connectivity index (χ0n) is 19.5. The van der Waals surface area contributed by atoms with Crippen molar-refractivity contribution in [2.75, 3.05) is 6.54 Å². The third-order valence-electron chi connectivity index (χ3n) is 5.88. The standard InChI is InChI=1S/C24H36N4O5/c1-3-16(2)21(24(32)27-19-11-7-8-14-26-23(19)31)28-22(30)18(25)12-13-20(29)33-15-17-9-5-4-6-10-17/h4-6,9-10,16,18-19,21H,3,7-8,11-15,25H2,1-2H3,(H,26,31)(H,27,32)(H,28,30)/t16-,18+,19-,21+/m0/s1. The Labute approximate surface area is 195 Å². The number of hydrogen-bond acceptors (Lipinski definition) is 6. The number of nitrogens with two attached hydrogens (primary N) is 1. The van der Waals surface area contributed by atoms with Gasteiger partial charge in [-0.3, -0.25) is 19.2 Å². The summed E-state index contributed by atoms with van der Waals surface area (Å²) in [4.78, 5) is 49.7. The molecule has 9 heteroatoms. The summed E-state index contributed by atoms with van der Waals surface area (Å²) in [6.07, 6.45) is 2.99. The van der Waals surface area contributed by atoms with Crippen molar-refractivity contribution in [3.63, 3.8) is 0 Å². The minimum atomic E-state index is -0.963. The molecule has 0 unspecified atom stereocenters. The van der Waals surface area contributed by atoms with Crippen LogP contribution in [0, 0.1) is 5.92 Å². The monoisotopic (exact) mass is 460 g/mol. The first kappa shape index (κ1) is 26.3. The second kappa shape index (κ2) is 13.6. The highest BCUT2D eigenvalue weighted by Crippen LogP contribution is 2.12. The summed E-state index contributed by atoms with van der Waals surface area (Å²) in [5.74, 6) is -1.74. The minimum absolute atomic E-state index is 0.0101. The van der Waals surface area contributed by atoms with Crippen LogP contribution in [-0.4, -0.2) is 48.4 Å². The number of amides is 3. The molecule has 4 atom stereocenters. The molecule has 0 saturated carbocycles. The van der Waals surface area contributed by atoms with Crippen molar-refractivity contribution in [2.24, 2.45) is 11.7 Å². The summed E-state index contributed by atoms with van der Waals surface area (Å²) >= 11 is 0. The van der Waals surface area contributed by atoms with Gasteiger partial charge < -0.3 is 26.4 Å². The van der Waals surface area contributed by atoms with Gasteiger partial charge in [-0.25, -0.2) is 0 Å². The maximum absolute atomic E-state index is 12.9. The van der Waals surface area contributed by atoms with E-state index < -0.39 is 35.9 Å². The molecular weight excluding hydrogens is 424 g/mol. The molecule has 0 aliphatic carbocycles. The molecule has 1 aromatic rings. The van der Waals surface area contributed by atoms with Crippen molar-refractivity contribution in [3.8, 4) is 0 Å². The van der Waals surface area contributed by atoms with Crippen LogP contribution in [-0.2, 0) is 30.5 Å². The topological polar surface area (TPSA) is 140 Å². The molecule has 1 aromatic carbocycles. The summed E-state index contributed by atoms with van der Waals surface area (Å²) in [5, 5.41) is 8.26. The number of carbonyl (C=O) groups is 4. The van der Waals surface area contributed by atoms with E-state index in [1.165, 1.54) is 0 Å². The Hall–Kier alpha value is -2.94. The molecule has 0 radical (unpaired) electrons. The van der Waals surface area contributed by atoms with Crippen LogP contribution in [0.2, 0.25) is 0 Å². The first-order valence-electron chi connectivity index (χ1n) is 11.6. The highest BCUT2D eigenvalue weighted by molar-refractivity contribution is 5.93. The van der Waals surface area contributed by atoms with Crippen molar-refractivity contribution in [2.45, 2.75) is 77.1 Å². The molecule has 0 aromatic heterocycles. The van der Waals surface area contributed by atoms with Crippen LogP contribution in [0.4, 0.5) is 0 Å². The predicted molar refractivity (Wildman–Crippen MR) is 124 cm³/mol. The Morgan fingerprint density at radius 3 is 2.61 bits per heavy atom. The molecule has 2 rings (SSSR count). The van der Waals surface area contributed by atoms with Crippen molar-refractivity contribution in [1.29, 1.82) is 0 Å². The number of ether oxygens (including phenoxy) is 1. The summed E-state index contributed by atoms with van der Waals surface area (Å²) in [5.41, 5.74) is 6.85. The number of rotatable bonds is 11. The van der Waals surface area contributed by atoms with Gasteiger partial charge in [0.25, 0.3) is 0 Å². The normalized spacial score (nSPS) is 18.8. The van der Waals surface area contributed by atoms with Gasteiger partial charge in [-0.2, -0.15) is 0 Å². The van der Waals surface area contributed by atoms with E-state index in [1.807, 2.05) is 44.2 Å². The summed E-state index contributed by atoms with van der Waals surface area (Å²) in [6, 6.07) is 6.89. The Morgan fingerprint density at radius 2 is 1.91 bits per heavy atom. The minimum Gasteiger partial charge on any atom is -0.461 e. The molecule has 3 amide bonds. The van der Waals surface area contributed by atoms with E-state index in [4.69, 9.17) is 10.5 Å². The fourth-order valence-electron chi connectivity index (χ4n) is 3.52. The Morgan fingerprint density at radius 1 is 1.18 bits per heavy atom. The van der Waals surface area contributed by atoms with Crippen LogP contribution in [0.25, 0.3) is 0 Å². The highest BCUT2D eigenvalue weighted by Gasteiger charge is 2.31. The summed E-state index contributed by atoms with van der Waals surface area (Å²) < 4.78 is 5.21. The molecule has 0 spiro atoms. The molecule has 1 aliphatic heterocycles. The van der Waals surface area contributed by atoms with Crippen LogP contribution < -0.4 is 21.7 Å². The maximum Gasteiger partial charge on any atom is 0.306 e. The first-order chi connectivity index (χ1) is 15.8. The maximum atomic E-state index is 12.9. The lowest BCUT2D eigenvalue weighted by atomic mass is 9.97. The smallest absolute Gasteiger partial charge is 0.306 e. The van der Waals surface area contributed by atoms with Crippen LogP contribution >= 0.6 is 0 Å². The molecule has 1 aliphatic rings. The second-order valence-corrected chi connectivity index (χ2v) is 8.51. The van der Waals surface area contributed by atoms with E-state index in [1.54, 1.807) is 0 Å². The van der Waals surface area contributed by atoms with Gasteiger partial charge >= 0.3 is 5.97 Å². The third kappa shape index (κ3) is 8.84. The first-order valence-corrected chi connectivity index (χ1v) is 11.6. The number of carbonyl (C=O) groups excluding carboxylic acids is 4. The lowest BCUT2D eigenvalue weighted by Crippen LogP contribution is -2.57. The van der Waals surface area contributed by atoms with Crippen LogP contribution in [0.5, 0.6) is 0 Å². The van der Waals surface area contributed by atoms with E-state index >= 15 is 0 Å². The van der Waals surface area contributed by atoms with E-state index in [2.05, 4.69) is 16.0 Å². The van der Waals surface area contributed by atoms with Gasteiger partial charge in [-0.05, 0) is 37.2 Å². The quantitative estimate of drug-likeness (QED) is 0.365. The largest absolute Gasteiger partial charge is 0.461 e. The second-order valence-electron chi connectivity index (χ2n) is 8.51. The average molecular weight is 461 g/mol. The summed E-state index contributed by atoms with van der Waals surface area (Å²) in [7, 11) is 0. The molecular formula is C24H36N4O5. The van der Waals surface area contributed by atoms with Gasteiger partial charge in [0, 0.05) is 13.0 Å². The van der Waals surface area contributed by atoms with Crippen LogP contribution in [0.15, 0.2) is 30.3 Å². The Bertz CT molecular complexity index is 801. The molecule has 182 valence electrons. The third-order valence-corrected chi connectivity index (χ3v) is 5.88. The van der Waals surface area contributed by atoms with Gasteiger partial charge in [0.15, 0.2) is 0 Å². The lowest BCUT2D eigenvalue weighted by molar-refractivity contribution is -0.145. The molecule has 1 saturated heterocycles. The van der Waals surface area contributed by atoms with Crippen LogP contribution in [0.3, 0.4) is 0 Å². The molecule has 9 nitrogen and oxygen atoms in total. The fraction of sp³-hybridized carbons (Fsp3) is 0.583. The van der Waals surface area contributed by atoms with E-state index in [-0.39, 0.29) is 31.3 Å². The fourth-order valence-corrected chi connectivity index (χ4v) is 3.52. The average Bonchev–Trinajstić information content (AvgIpc) is 3.03. The SMILES string of the molecule is CC[C@H](C)[C@@H](NC(=O)[C@H](N)CCC(=O)OCc1ccccc1)C(=O)N[C@H]1CCCCNC1=O. The van der Waals surface area contributed by atoms with E-state index in [0.717, 1.165) is 18.4 Å². The van der Waals surface area contributed by atoms with Gasteiger partial charge in [0.2, 0.25) is 17.7 Å². The van der Waals surface area contributed by atoms with Gasteiger partial charge in [0.05, 0.1) is 6.04 Å². The van der Waals surface area contributed by atoms with Gasteiger partial charge in [0.1, 0.15) is 18.7 Å². The van der Waals surface area contributed by atoms with E-state index in [0.29, 0.717) is 19.4 Å². The zero-order chi connectivity index (χ0) is 24.2. The zero-order valence-corrected chi connectivity index (χ0v) is 19.5. The molecule has 33 heavy (non-hydrogen) atoms. The molecule has 1 fully saturated rings. The lowest BCUT2D eigenvalue weighted by Gasteiger charge is -2.27. The molecule has 5 N–H and O–H groups in total. The number of nitrogens with one attached hydrogen (secondary N) is 3. The number of esters is 1. The molecule has 0 bridgehead atoms. The predicted octanol–water partition coefficient (Wildman–Crippen LogP) is 1.15. The van der Waals surface area contributed by atoms with Crippen LogP contribution in [0.1, 0.15) is 57.9 Å². The highest BCUT2D eigenvalue weighted by atomic mass is 16.5. The number of hydrogen-bond donors (Lipinski definition) is 4. The van der Waals surface area contributed by atoms with Crippen molar-refractivity contribution < 1.29 is 23.9 Å². The van der Waals surface area contributed by atoms with Crippen molar-refractivity contribution in [1.82, 2.24) is 16.0 Å². The van der Waals surface area contributed by atoms with Gasteiger partial charge in [-0.15, -0.1) is 0 Å². The summed E-state index contributed by atoms with van der Waals surface area (Å²) in [6.45, 7) is 4.52. The Balaban J connectivity index is 1.85. The van der Waals surface area contributed by atoms with Crippen molar-refractivity contribution in [3.05, 3.63) is 35.9 Å². The van der Waals surface area contributed by atoms with E-state index in [9.17, 15) is 19.2 Å².